The fourth-order valence-corrected chi connectivity index (χ4v) is 3.12. The third kappa shape index (κ3) is 4.06. The largest absolute Gasteiger partial charge is 0.507 e. The number of aromatic hydroxyl groups is 1. The standard InChI is InChI=1S/C22H25NO5/c1-4-5-6-7-17-21(24)18-12-16(27-3)13-19(20(18)23-22(17)25)28-15-10-8-14(26-2)9-11-15/h8-13H,4-7H2,1-3H3,(H2,23,24,25). The van der Waals surface area contributed by atoms with Gasteiger partial charge < -0.3 is 24.3 Å². The molecule has 0 saturated carbocycles. The highest BCUT2D eigenvalue weighted by atomic mass is 16.5. The minimum Gasteiger partial charge on any atom is -0.507 e. The number of ether oxygens (including phenoxy) is 3. The van der Waals surface area contributed by atoms with E-state index in [4.69, 9.17) is 14.2 Å². The molecule has 0 aliphatic carbocycles. The number of rotatable bonds is 8. The molecule has 0 amide bonds. The van der Waals surface area contributed by atoms with E-state index in [1.165, 1.54) is 0 Å². The Hall–Kier alpha value is -3.15. The van der Waals surface area contributed by atoms with Crippen LogP contribution in [0.2, 0.25) is 0 Å². The summed E-state index contributed by atoms with van der Waals surface area (Å²) in [4.78, 5) is 15.4. The lowest BCUT2D eigenvalue weighted by atomic mass is 10.0. The zero-order chi connectivity index (χ0) is 20.1. The first-order valence-corrected chi connectivity index (χ1v) is 9.35. The van der Waals surface area contributed by atoms with E-state index in [9.17, 15) is 9.90 Å². The minimum atomic E-state index is -0.300. The summed E-state index contributed by atoms with van der Waals surface area (Å²) in [5.41, 5.74) is 0.522. The molecule has 0 radical (unpaired) electrons. The number of methoxy groups -OCH3 is 2. The lowest BCUT2D eigenvalue weighted by Gasteiger charge is -2.14. The number of aromatic amines is 1. The summed E-state index contributed by atoms with van der Waals surface area (Å²) in [5, 5.41) is 11.3. The van der Waals surface area contributed by atoms with Crippen LogP contribution in [0.1, 0.15) is 31.7 Å². The molecule has 0 aliphatic rings. The summed E-state index contributed by atoms with van der Waals surface area (Å²) >= 11 is 0. The molecule has 0 fully saturated rings. The van der Waals surface area contributed by atoms with Gasteiger partial charge in [0.05, 0.1) is 25.3 Å². The zero-order valence-corrected chi connectivity index (χ0v) is 16.4. The van der Waals surface area contributed by atoms with E-state index in [2.05, 4.69) is 11.9 Å². The Morgan fingerprint density at radius 1 is 0.964 bits per heavy atom. The summed E-state index contributed by atoms with van der Waals surface area (Å²) in [6.07, 6.45) is 3.41. The van der Waals surface area contributed by atoms with E-state index in [-0.39, 0.29) is 11.3 Å². The Bertz CT molecular complexity index is 1010. The number of pyridine rings is 1. The van der Waals surface area contributed by atoms with Crippen LogP contribution in [0.3, 0.4) is 0 Å². The molecule has 0 unspecified atom stereocenters. The number of hydrogen-bond donors (Lipinski definition) is 2. The normalized spacial score (nSPS) is 10.8. The average Bonchev–Trinajstić information content (AvgIpc) is 2.71. The smallest absolute Gasteiger partial charge is 0.255 e. The van der Waals surface area contributed by atoms with Crippen LogP contribution < -0.4 is 19.8 Å². The van der Waals surface area contributed by atoms with Gasteiger partial charge >= 0.3 is 0 Å². The van der Waals surface area contributed by atoms with E-state index in [0.29, 0.717) is 45.9 Å². The number of benzene rings is 2. The van der Waals surface area contributed by atoms with Crippen molar-refractivity contribution in [2.75, 3.05) is 14.2 Å². The maximum Gasteiger partial charge on any atom is 0.255 e. The molecule has 6 nitrogen and oxygen atoms in total. The third-order valence-corrected chi connectivity index (χ3v) is 4.68. The number of H-pyrrole nitrogens is 1. The van der Waals surface area contributed by atoms with Gasteiger partial charge in [-0.05, 0) is 43.2 Å². The van der Waals surface area contributed by atoms with Crippen LogP contribution in [0, 0.1) is 0 Å². The first-order valence-electron chi connectivity index (χ1n) is 9.35. The van der Waals surface area contributed by atoms with Crippen molar-refractivity contribution in [3.05, 3.63) is 52.3 Å². The van der Waals surface area contributed by atoms with Crippen molar-refractivity contribution in [1.29, 1.82) is 0 Å². The molecule has 2 aromatic carbocycles. The Morgan fingerprint density at radius 3 is 2.29 bits per heavy atom. The van der Waals surface area contributed by atoms with Gasteiger partial charge in [-0.2, -0.15) is 0 Å². The molecule has 0 aliphatic heterocycles. The summed E-state index contributed by atoms with van der Waals surface area (Å²) in [6, 6.07) is 10.5. The van der Waals surface area contributed by atoms with Gasteiger partial charge in [0.1, 0.15) is 23.0 Å². The minimum absolute atomic E-state index is 0.0201. The molecule has 0 atom stereocenters. The van der Waals surface area contributed by atoms with Gasteiger partial charge in [-0.15, -0.1) is 0 Å². The highest BCUT2D eigenvalue weighted by Crippen LogP contribution is 2.37. The Morgan fingerprint density at radius 2 is 1.64 bits per heavy atom. The van der Waals surface area contributed by atoms with Gasteiger partial charge in [-0.1, -0.05) is 19.8 Å². The Balaban J connectivity index is 2.07. The third-order valence-electron chi connectivity index (χ3n) is 4.68. The number of hydrogen-bond acceptors (Lipinski definition) is 5. The van der Waals surface area contributed by atoms with E-state index < -0.39 is 0 Å². The molecular weight excluding hydrogens is 358 g/mol. The van der Waals surface area contributed by atoms with Gasteiger partial charge in [-0.25, -0.2) is 0 Å². The van der Waals surface area contributed by atoms with E-state index in [1.807, 2.05) is 0 Å². The molecule has 3 aromatic rings. The van der Waals surface area contributed by atoms with Crippen molar-refractivity contribution >= 4 is 10.9 Å². The average molecular weight is 383 g/mol. The lowest BCUT2D eigenvalue weighted by molar-refractivity contribution is 0.407. The number of aromatic nitrogens is 1. The number of nitrogens with one attached hydrogen (secondary N) is 1. The van der Waals surface area contributed by atoms with E-state index in [0.717, 1.165) is 19.3 Å². The van der Waals surface area contributed by atoms with Crippen LogP contribution in [0.4, 0.5) is 0 Å². The lowest BCUT2D eigenvalue weighted by Crippen LogP contribution is -2.13. The first-order chi connectivity index (χ1) is 13.6. The predicted octanol–water partition coefficient (Wildman–Crippen LogP) is 4.78. The molecule has 148 valence electrons. The van der Waals surface area contributed by atoms with Gasteiger partial charge in [0.15, 0.2) is 5.75 Å². The topological polar surface area (TPSA) is 80.8 Å². The fraction of sp³-hybridized carbons (Fsp3) is 0.318. The van der Waals surface area contributed by atoms with Gasteiger partial charge in [-0.3, -0.25) is 4.79 Å². The monoisotopic (exact) mass is 383 g/mol. The summed E-state index contributed by atoms with van der Waals surface area (Å²) < 4.78 is 16.5. The molecule has 1 heterocycles. The van der Waals surface area contributed by atoms with Crippen molar-refractivity contribution in [3.8, 4) is 28.7 Å². The molecule has 6 heteroatoms. The van der Waals surface area contributed by atoms with Crippen LogP contribution in [-0.2, 0) is 6.42 Å². The Kier molecular flexibility index (Phi) is 6.09. The fourth-order valence-electron chi connectivity index (χ4n) is 3.12. The second-order valence-corrected chi connectivity index (χ2v) is 6.56. The first kappa shape index (κ1) is 19.6. The SMILES string of the molecule is CCCCCc1c(O)c2cc(OC)cc(Oc3ccc(OC)cc3)c2[nH]c1=O. The highest BCUT2D eigenvalue weighted by Gasteiger charge is 2.17. The molecule has 1 aromatic heterocycles. The molecule has 3 rings (SSSR count). The summed E-state index contributed by atoms with van der Waals surface area (Å²) in [5.74, 6) is 2.19. The molecule has 2 N–H and O–H groups in total. The predicted molar refractivity (Wildman–Crippen MR) is 109 cm³/mol. The summed E-state index contributed by atoms with van der Waals surface area (Å²) in [6.45, 7) is 2.10. The van der Waals surface area contributed by atoms with Gasteiger partial charge in [0.25, 0.3) is 5.56 Å². The van der Waals surface area contributed by atoms with Crippen molar-refractivity contribution in [2.45, 2.75) is 32.6 Å². The zero-order valence-electron chi connectivity index (χ0n) is 16.4. The van der Waals surface area contributed by atoms with Crippen molar-refractivity contribution in [2.24, 2.45) is 0 Å². The second kappa shape index (κ2) is 8.69. The molecular formula is C22H25NO5. The van der Waals surface area contributed by atoms with Crippen molar-refractivity contribution < 1.29 is 19.3 Å². The molecule has 0 bridgehead atoms. The maximum atomic E-state index is 12.6. The molecule has 28 heavy (non-hydrogen) atoms. The van der Waals surface area contributed by atoms with Crippen LogP contribution in [0.5, 0.6) is 28.7 Å². The van der Waals surface area contributed by atoms with Crippen LogP contribution in [0.15, 0.2) is 41.2 Å². The van der Waals surface area contributed by atoms with Gasteiger partial charge in [0.2, 0.25) is 0 Å². The maximum absolute atomic E-state index is 12.6. The van der Waals surface area contributed by atoms with Crippen molar-refractivity contribution in [3.63, 3.8) is 0 Å². The van der Waals surface area contributed by atoms with Crippen molar-refractivity contribution in [1.82, 2.24) is 4.98 Å². The molecule has 0 spiro atoms. The van der Waals surface area contributed by atoms with E-state index >= 15 is 0 Å². The number of unbranched alkanes of at least 4 members (excludes halogenated alkanes) is 2. The highest BCUT2D eigenvalue weighted by molar-refractivity contribution is 5.92. The van der Waals surface area contributed by atoms with E-state index in [1.54, 1.807) is 50.6 Å². The Labute approximate surface area is 163 Å². The second-order valence-electron chi connectivity index (χ2n) is 6.56. The molecule has 0 saturated heterocycles. The van der Waals surface area contributed by atoms with Crippen LogP contribution in [-0.4, -0.2) is 24.3 Å². The quantitative estimate of drug-likeness (QED) is 0.547. The summed E-state index contributed by atoms with van der Waals surface area (Å²) in [7, 11) is 3.14. The van der Waals surface area contributed by atoms with Crippen LogP contribution >= 0.6 is 0 Å². The number of fused-ring (bicyclic) bond motifs is 1. The van der Waals surface area contributed by atoms with Crippen LogP contribution in [0.25, 0.3) is 10.9 Å². The van der Waals surface area contributed by atoms with Gasteiger partial charge in [0, 0.05) is 11.5 Å².